The summed E-state index contributed by atoms with van der Waals surface area (Å²) < 4.78 is 16.4. The summed E-state index contributed by atoms with van der Waals surface area (Å²) in [4.78, 5) is 14.0. The maximum atomic E-state index is 12.7. The Morgan fingerprint density at radius 3 is 1.61 bits per heavy atom. The summed E-state index contributed by atoms with van der Waals surface area (Å²) in [5, 5.41) is 11.4. The van der Waals surface area contributed by atoms with Gasteiger partial charge in [0.05, 0.1) is 17.1 Å². The van der Waals surface area contributed by atoms with Gasteiger partial charge < -0.3 is 14.5 Å². The molecule has 3 rings (SSSR count). The Labute approximate surface area is 256 Å². The van der Waals surface area contributed by atoms with Crippen LogP contribution < -0.4 is 0 Å². The van der Waals surface area contributed by atoms with Gasteiger partial charge in [-0.1, -0.05) is 71.6 Å². The summed E-state index contributed by atoms with van der Waals surface area (Å²) in [5.74, 6) is -0.277. The highest BCUT2D eigenvalue weighted by molar-refractivity contribution is 9.13. The van der Waals surface area contributed by atoms with Gasteiger partial charge in [-0.2, -0.15) is 0 Å². The summed E-state index contributed by atoms with van der Waals surface area (Å²) in [6.45, 7) is 5.60. The van der Waals surface area contributed by atoms with Crippen molar-refractivity contribution in [3.63, 3.8) is 0 Å². The highest BCUT2D eigenvalue weighted by Crippen LogP contribution is 2.24. The van der Waals surface area contributed by atoms with Crippen LogP contribution in [0.15, 0.2) is 94.0 Å². The molecule has 0 aliphatic carbocycles. The van der Waals surface area contributed by atoms with E-state index in [1.807, 2.05) is 56.3 Å². The van der Waals surface area contributed by atoms with Gasteiger partial charge in [-0.05, 0) is 89.0 Å². The van der Waals surface area contributed by atoms with E-state index in [4.69, 9.17) is 0 Å². The van der Waals surface area contributed by atoms with E-state index < -0.39 is 0 Å². The molecule has 0 aliphatic rings. The average Bonchev–Trinajstić information content (AvgIpc) is 2.87. The molecule has 0 heterocycles. The van der Waals surface area contributed by atoms with Crippen LogP contribution in [0, 0.1) is 5.82 Å². The molecule has 0 spiro atoms. The molecule has 0 saturated carbocycles. The summed E-state index contributed by atoms with van der Waals surface area (Å²) in [7, 11) is 4.55. The second-order valence-corrected chi connectivity index (χ2v) is 10.7. The minimum Gasteiger partial charge on any atom is -0.399 e. The highest BCUT2D eigenvalue weighted by atomic mass is 79.9. The summed E-state index contributed by atoms with van der Waals surface area (Å²) in [5.41, 5.74) is 5.34. The van der Waals surface area contributed by atoms with E-state index in [9.17, 15) is 4.39 Å². The van der Waals surface area contributed by atoms with Gasteiger partial charge in [-0.25, -0.2) is 4.39 Å². The van der Waals surface area contributed by atoms with Crippen molar-refractivity contribution in [1.82, 2.24) is 0 Å². The molecule has 11 heteroatoms. The van der Waals surface area contributed by atoms with Crippen molar-refractivity contribution in [1.29, 1.82) is 0 Å². The van der Waals surface area contributed by atoms with E-state index in [1.165, 1.54) is 26.4 Å². The molecule has 0 aliphatic heterocycles. The van der Waals surface area contributed by atoms with Gasteiger partial charge in [-0.3, -0.25) is 0 Å². The lowest BCUT2D eigenvalue weighted by Gasteiger charge is -2.02. The second kappa shape index (κ2) is 18.3. The summed E-state index contributed by atoms with van der Waals surface area (Å²) in [6.07, 6.45) is 0. The van der Waals surface area contributed by atoms with Crippen molar-refractivity contribution < 1.29 is 18.9 Å². The average molecular weight is 781 g/mol. The van der Waals surface area contributed by atoms with Crippen molar-refractivity contribution in [2.75, 3.05) is 21.3 Å². The fraction of sp³-hybridized carbons (Fsp3) is 0.222. The molecule has 0 aromatic heterocycles. The Morgan fingerprint density at radius 1 is 0.579 bits per heavy atom. The molecular formula is C27H28Br4FN3O3. The molecule has 0 amide bonds. The van der Waals surface area contributed by atoms with Gasteiger partial charge in [0.1, 0.15) is 27.1 Å². The molecule has 0 fully saturated rings. The molecule has 0 bridgehead atoms. The van der Waals surface area contributed by atoms with Crippen LogP contribution in [0.25, 0.3) is 0 Å². The zero-order valence-corrected chi connectivity index (χ0v) is 28.1. The molecule has 38 heavy (non-hydrogen) atoms. The smallest absolute Gasteiger partial charge is 0.124 e. The largest absolute Gasteiger partial charge is 0.399 e. The first-order valence-corrected chi connectivity index (χ1v) is 14.1. The molecule has 204 valence electrons. The van der Waals surface area contributed by atoms with Crippen molar-refractivity contribution in [2.45, 2.75) is 20.8 Å². The lowest BCUT2D eigenvalue weighted by molar-refractivity contribution is 0.213. The maximum absolute atomic E-state index is 12.7. The minimum atomic E-state index is -0.277. The predicted octanol–water partition coefficient (Wildman–Crippen LogP) is 9.36. The third-order valence-electron chi connectivity index (χ3n) is 4.61. The van der Waals surface area contributed by atoms with Crippen LogP contribution in [0.4, 0.5) is 4.39 Å². The molecule has 0 atom stereocenters. The third kappa shape index (κ3) is 11.8. The van der Waals surface area contributed by atoms with Crippen molar-refractivity contribution in [2.24, 2.45) is 15.5 Å². The van der Waals surface area contributed by atoms with E-state index in [0.717, 1.165) is 41.5 Å². The van der Waals surface area contributed by atoms with E-state index >= 15 is 0 Å². The first kappa shape index (κ1) is 33.9. The number of benzene rings is 3. The van der Waals surface area contributed by atoms with E-state index in [2.05, 4.69) is 93.7 Å². The van der Waals surface area contributed by atoms with Gasteiger partial charge in [0.15, 0.2) is 0 Å². The second-order valence-electron chi connectivity index (χ2n) is 7.31. The van der Waals surface area contributed by atoms with Crippen LogP contribution in [0.1, 0.15) is 37.5 Å². The van der Waals surface area contributed by atoms with Crippen LogP contribution in [-0.2, 0) is 14.5 Å². The number of halogens is 5. The van der Waals surface area contributed by atoms with Gasteiger partial charge in [0.2, 0.25) is 0 Å². The summed E-state index contributed by atoms with van der Waals surface area (Å²) in [6, 6.07) is 18.3. The molecular weight excluding hydrogens is 753 g/mol. The fourth-order valence-corrected chi connectivity index (χ4v) is 4.66. The number of nitrogens with zero attached hydrogens (tertiary/aromatic N) is 3. The van der Waals surface area contributed by atoms with Crippen LogP contribution in [-0.4, -0.2) is 38.5 Å². The zero-order valence-electron chi connectivity index (χ0n) is 21.7. The van der Waals surface area contributed by atoms with Crippen LogP contribution in [0.3, 0.4) is 0 Å². The number of rotatable bonds is 6. The standard InChI is InChI=1S/C9H9Br2NO.C9H9BrFNO.C9H10BrNO/c1-6(12-13-2)7-3-4-8(10)9(11)5-7;1-6(12-13-2)8-4-3-7(11)5-9(8)10;1-7(11-12-2)8-5-3-4-6-9(8)10/h2*3-5H,1-2H3;3-6H,1-2H3. The maximum Gasteiger partial charge on any atom is 0.124 e. The molecule has 6 nitrogen and oxygen atoms in total. The number of hydrogen-bond donors (Lipinski definition) is 0. The topological polar surface area (TPSA) is 64.8 Å². The van der Waals surface area contributed by atoms with Gasteiger partial charge in [-0.15, -0.1) is 0 Å². The Kier molecular flexibility index (Phi) is 16.3. The molecule has 3 aromatic rings. The van der Waals surface area contributed by atoms with Gasteiger partial charge in [0.25, 0.3) is 0 Å². The molecule has 0 radical (unpaired) electrons. The van der Waals surface area contributed by atoms with E-state index in [1.54, 1.807) is 20.1 Å². The van der Waals surface area contributed by atoms with Crippen LogP contribution in [0.5, 0.6) is 0 Å². The van der Waals surface area contributed by atoms with E-state index in [-0.39, 0.29) is 5.82 Å². The van der Waals surface area contributed by atoms with Crippen molar-refractivity contribution >= 4 is 80.9 Å². The van der Waals surface area contributed by atoms with Gasteiger partial charge in [0, 0.05) is 34.6 Å². The molecule has 0 unspecified atom stereocenters. The van der Waals surface area contributed by atoms with Crippen molar-refractivity contribution in [3.05, 3.63) is 101 Å². The molecule has 0 N–H and O–H groups in total. The van der Waals surface area contributed by atoms with Crippen molar-refractivity contribution in [3.8, 4) is 0 Å². The van der Waals surface area contributed by atoms with Crippen LogP contribution in [0.2, 0.25) is 0 Å². The van der Waals surface area contributed by atoms with Crippen LogP contribution >= 0.6 is 63.7 Å². The number of hydrogen-bond acceptors (Lipinski definition) is 6. The predicted molar refractivity (Wildman–Crippen MR) is 168 cm³/mol. The zero-order chi connectivity index (χ0) is 28.7. The monoisotopic (exact) mass is 777 g/mol. The SMILES string of the molecule is CON=C(C)c1ccc(Br)c(Br)c1.CON=C(C)c1ccc(F)cc1Br.CON=C(C)c1ccccc1Br. The Morgan fingerprint density at radius 2 is 1.11 bits per heavy atom. The molecule has 3 aromatic carbocycles. The Hall–Kier alpha value is -2.08. The lowest BCUT2D eigenvalue weighted by Crippen LogP contribution is -1.97. The third-order valence-corrected chi connectivity index (χ3v) is 7.83. The Bertz CT molecular complexity index is 1280. The van der Waals surface area contributed by atoms with Gasteiger partial charge >= 0.3 is 0 Å². The lowest BCUT2D eigenvalue weighted by atomic mass is 10.1. The fourth-order valence-electron chi connectivity index (χ4n) is 2.82. The first-order chi connectivity index (χ1) is 18.0. The molecule has 0 saturated heterocycles. The quantitative estimate of drug-likeness (QED) is 0.185. The highest BCUT2D eigenvalue weighted by Gasteiger charge is 2.05. The summed E-state index contributed by atoms with van der Waals surface area (Å²) >= 11 is 13.5. The van der Waals surface area contributed by atoms with E-state index in [0.29, 0.717) is 10.2 Å². The number of oxime groups is 3. The normalized spacial score (nSPS) is 11.5. The Balaban J connectivity index is 0.000000285. The minimum absolute atomic E-state index is 0.277. The first-order valence-electron chi connectivity index (χ1n) is 10.9.